The first-order chi connectivity index (χ1) is 11.9. The summed E-state index contributed by atoms with van der Waals surface area (Å²) in [5, 5.41) is 16.6. The molecule has 0 aromatic carbocycles. The highest BCUT2D eigenvalue weighted by atomic mass is 16.5. The first-order valence-electron chi connectivity index (χ1n) is 7.89. The first-order valence-corrected chi connectivity index (χ1v) is 7.89. The fourth-order valence-corrected chi connectivity index (χ4v) is 3.29. The Morgan fingerprint density at radius 2 is 2.08 bits per heavy atom. The minimum atomic E-state index is -0.466. The lowest BCUT2D eigenvalue weighted by Gasteiger charge is -2.24. The zero-order chi connectivity index (χ0) is 18.3. The highest BCUT2D eigenvalue weighted by molar-refractivity contribution is 5.90. The summed E-state index contributed by atoms with van der Waals surface area (Å²) in [5.41, 5.74) is 10.4. The summed E-state index contributed by atoms with van der Waals surface area (Å²) in [6, 6.07) is 2.14. The largest absolute Gasteiger partial charge is 0.461 e. The Kier molecular flexibility index (Phi) is 4.00. The summed E-state index contributed by atoms with van der Waals surface area (Å²) in [7, 11) is 0. The van der Waals surface area contributed by atoms with Gasteiger partial charge >= 0.3 is 5.97 Å². The quantitative estimate of drug-likeness (QED) is 0.733. The zero-order valence-corrected chi connectivity index (χ0v) is 14.5. The number of ether oxygens (including phenoxy) is 2. The minimum absolute atomic E-state index is 0.0178. The van der Waals surface area contributed by atoms with Crippen LogP contribution in [0.4, 0.5) is 0 Å². The molecule has 0 saturated heterocycles. The third kappa shape index (κ3) is 2.45. The number of nitriles is 1. The van der Waals surface area contributed by atoms with Gasteiger partial charge in [-0.05, 0) is 38.8 Å². The molecule has 130 valence electrons. The van der Waals surface area contributed by atoms with E-state index < -0.39 is 11.9 Å². The standard InChI is InChI=1S/C17H19N5O3/c1-5-24-17(23)14-7(2)11(8(3)20-14)13-10(6-18)15(19)25-16-12(13)9(4)21-22-16/h13,20H,5,19H2,1-4H3,(H,21,22). The maximum Gasteiger partial charge on any atom is 0.355 e. The number of aromatic nitrogens is 3. The van der Waals surface area contributed by atoms with Crippen molar-refractivity contribution in [3.63, 3.8) is 0 Å². The van der Waals surface area contributed by atoms with E-state index in [4.69, 9.17) is 15.2 Å². The Balaban J connectivity index is 2.23. The fourth-order valence-electron chi connectivity index (χ4n) is 3.29. The SMILES string of the molecule is CCOC(=O)c1[nH]c(C)c(C2C(C#N)=C(N)Oc3n[nH]c(C)c32)c1C. The van der Waals surface area contributed by atoms with Gasteiger partial charge in [0.2, 0.25) is 11.8 Å². The van der Waals surface area contributed by atoms with Crippen molar-refractivity contribution < 1.29 is 14.3 Å². The van der Waals surface area contributed by atoms with Crippen molar-refractivity contribution in [1.82, 2.24) is 15.2 Å². The van der Waals surface area contributed by atoms with Crippen LogP contribution in [0.25, 0.3) is 0 Å². The van der Waals surface area contributed by atoms with Gasteiger partial charge in [-0.1, -0.05) is 0 Å². The average molecular weight is 341 g/mol. The van der Waals surface area contributed by atoms with Crippen LogP contribution in [0.1, 0.15) is 51.4 Å². The molecule has 2 aromatic heterocycles. The van der Waals surface area contributed by atoms with E-state index in [9.17, 15) is 10.1 Å². The second kappa shape index (κ2) is 6.02. The van der Waals surface area contributed by atoms with Gasteiger partial charge in [0.05, 0.1) is 12.5 Å². The summed E-state index contributed by atoms with van der Waals surface area (Å²) >= 11 is 0. The summed E-state index contributed by atoms with van der Waals surface area (Å²) in [6.07, 6.45) is 0. The van der Waals surface area contributed by atoms with Crippen molar-refractivity contribution in [2.75, 3.05) is 6.61 Å². The van der Waals surface area contributed by atoms with E-state index in [1.165, 1.54) is 0 Å². The molecule has 8 nitrogen and oxygen atoms in total. The van der Waals surface area contributed by atoms with Crippen LogP contribution in [-0.4, -0.2) is 27.8 Å². The van der Waals surface area contributed by atoms with Crippen molar-refractivity contribution in [3.8, 4) is 11.9 Å². The number of aromatic amines is 2. The van der Waals surface area contributed by atoms with Gasteiger partial charge in [-0.25, -0.2) is 4.79 Å². The number of H-pyrrole nitrogens is 2. The van der Waals surface area contributed by atoms with E-state index in [2.05, 4.69) is 21.3 Å². The van der Waals surface area contributed by atoms with E-state index in [0.29, 0.717) is 11.6 Å². The Bertz CT molecular complexity index is 929. The minimum Gasteiger partial charge on any atom is -0.461 e. The molecule has 0 amide bonds. The Hall–Kier alpha value is -3.21. The van der Waals surface area contributed by atoms with Crippen LogP contribution < -0.4 is 10.5 Å². The van der Waals surface area contributed by atoms with Crippen molar-refractivity contribution >= 4 is 5.97 Å². The zero-order valence-electron chi connectivity index (χ0n) is 14.5. The Labute approximate surface area is 144 Å². The smallest absolute Gasteiger partial charge is 0.355 e. The molecule has 8 heteroatoms. The van der Waals surface area contributed by atoms with Crippen molar-refractivity contribution in [1.29, 1.82) is 5.26 Å². The van der Waals surface area contributed by atoms with E-state index in [1.807, 2.05) is 20.8 Å². The van der Waals surface area contributed by atoms with Crippen molar-refractivity contribution in [3.05, 3.63) is 45.2 Å². The molecule has 4 N–H and O–H groups in total. The van der Waals surface area contributed by atoms with Gasteiger partial charge in [0, 0.05) is 17.0 Å². The normalized spacial score (nSPS) is 16.2. The van der Waals surface area contributed by atoms with Crippen LogP contribution in [0.3, 0.4) is 0 Å². The van der Waals surface area contributed by atoms with Crippen LogP contribution in [0, 0.1) is 32.1 Å². The summed E-state index contributed by atoms with van der Waals surface area (Å²) in [4.78, 5) is 15.3. The van der Waals surface area contributed by atoms with Gasteiger partial charge in [-0.2, -0.15) is 5.26 Å². The predicted octanol–water partition coefficient (Wildman–Crippen LogP) is 2.06. The predicted molar refractivity (Wildman–Crippen MR) is 88.8 cm³/mol. The second-order valence-corrected chi connectivity index (χ2v) is 5.88. The summed E-state index contributed by atoms with van der Waals surface area (Å²) < 4.78 is 10.6. The number of fused-ring (bicyclic) bond motifs is 1. The van der Waals surface area contributed by atoms with Crippen LogP contribution in [0.5, 0.6) is 5.88 Å². The lowest BCUT2D eigenvalue weighted by atomic mass is 9.82. The van der Waals surface area contributed by atoms with E-state index in [0.717, 1.165) is 28.1 Å². The molecule has 0 fully saturated rings. The number of hydrogen-bond acceptors (Lipinski definition) is 6. The number of hydrogen-bond donors (Lipinski definition) is 3. The molecule has 0 aliphatic carbocycles. The molecule has 1 aliphatic rings. The third-order valence-corrected chi connectivity index (χ3v) is 4.39. The van der Waals surface area contributed by atoms with Gasteiger partial charge in [-0.3, -0.25) is 5.10 Å². The Morgan fingerprint density at radius 1 is 1.36 bits per heavy atom. The molecular weight excluding hydrogens is 322 g/mol. The average Bonchev–Trinajstić information content (AvgIpc) is 3.07. The van der Waals surface area contributed by atoms with E-state index in [-0.39, 0.29) is 18.1 Å². The monoisotopic (exact) mass is 341 g/mol. The second-order valence-electron chi connectivity index (χ2n) is 5.88. The number of nitrogens with two attached hydrogens (primary N) is 1. The maximum absolute atomic E-state index is 12.2. The van der Waals surface area contributed by atoms with Gasteiger partial charge < -0.3 is 20.2 Å². The van der Waals surface area contributed by atoms with Crippen LogP contribution in [-0.2, 0) is 4.74 Å². The molecule has 1 atom stereocenters. The third-order valence-electron chi connectivity index (χ3n) is 4.39. The molecule has 0 bridgehead atoms. The van der Waals surface area contributed by atoms with E-state index >= 15 is 0 Å². The number of carbonyl (C=O) groups is 1. The van der Waals surface area contributed by atoms with Crippen molar-refractivity contribution in [2.24, 2.45) is 5.73 Å². The molecule has 1 unspecified atom stereocenters. The van der Waals surface area contributed by atoms with Gasteiger partial charge in [-0.15, -0.1) is 5.10 Å². The topological polar surface area (TPSA) is 130 Å². The molecule has 0 saturated carbocycles. The number of esters is 1. The maximum atomic E-state index is 12.2. The highest BCUT2D eigenvalue weighted by Gasteiger charge is 2.37. The number of aryl methyl sites for hydroxylation is 2. The lowest BCUT2D eigenvalue weighted by molar-refractivity contribution is 0.0519. The van der Waals surface area contributed by atoms with E-state index in [1.54, 1.807) is 6.92 Å². The van der Waals surface area contributed by atoms with Crippen molar-refractivity contribution in [2.45, 2.75) is 33.6 Å². The molecule has 1 aliphatic heterocycles. The summed E-state index contributed by atoms with van der Waals surface area (Å²) in [5.74, 6) is -0.534. The molecule has 25 heavy (non-hydrogen) atoms. The lowest BCUT2D eigenvalue weighted by Crippen LogP contribution is -2.21. The molecule has 0 spiro atoms. The number of allylic oxidation sites excluding steroid dienone is 1. The van der Waals surface area contributed by atoms with Gasteiger partial charge in [0.15, 0.2) is 0 Å². The number of nitrogens with zero attached hydrogens (tertiary/aromatic N) is 2. The number of rotatable bonds is 3. The Morgan fingerprint density at radius 3 is 2.72 bits per heavy atom. The van der Waals surface area contributed by atoms with Crippen LogP contribution in [0.2, 0.25) is 0 Å². The fraction of sp³-hybridized carbons (Fsp3) is 0.353. The molecule has 3 rings (SSSR count). The van der Waals surface area contributed by atoms with Gasteiger partial charge in [0.25, 0.3) is 0 Å². The van der Waals surface area contributed by atoms with Gasteiger partial charge in [0.1, 0.15) is 17.3 Å². The van der Waals surface area contributed by atoms with Crippen LogP contribution in [0.15, 0.2) is 11.5 Å². The number of carbonyl (C=O) groups excluding carboxylic acids is 1. The molecule has 0 radical (unpaired) electrons. The first kappa shape index (κ1) is 16.6. The number of nitrogens with one attached hydrogen (secondary N) is 2. The highest BCUT2D eigenvalue weighted by Crippen LogP contribution is 2.45. The molecule has 2 aromatic rings. The van der Waals surface area contributed by atoms with Crippen LogP contribution >= 0.6 is 0 Å². The summed E-state index contributed by atoms with van der Waals surface area (Å²) in [6.45, 7) is 7.55. The molecular formula is C17H19N5O3. The molecule has 3 heterocycles.